The van der Waals surface area contributed by atoms with Crippen molar-refractivity contribution in [1.29, 1.82) is 0 Å². The molecule has 0 unspecified atom stereocenters. The van der Waals surface area contributed by atoms with Crippen molar-refractivity contribution in [3.63, 3.8) is 0 Å². The molecule has 0 spiro atoms. The van der Waals surface area contributed by atoms with Crippen molar-refractivity contribution >= 4 is 0 Å². The van der Waals surface area contributed by atoms with Crippen LogP contribution in [0.15, 0.2) is 18.2 Å². The highest BCUT2D eigenvalue weighted by molar-refractivity contribution is 5.43. The van der Waals surface area contributed by atoms with Crippen molar-refractivity contribution in [2.24, 2.45) is 5.73 Å². The lowest BCUT2D eigenvalue weighted by Gasteiger charge is -2.34. The number of piperazine rings is 1. The van der Waals surface area contributed by atoms with E-state index in [1.54, 1.807) is 7.11 Å². The van der Waals surface area contributed by atoms with Crippen molar-refractivity contribution in [2.45, 2.75) is 39.2 Å². The zero-order valence-electron chi connectivity index (χ0n) is 16.0. The van der Waals surface area contributed by atoms with E-state index in [-0.39, 0.29) is 0 Å². The maximum Gasteiger partial charge on any atom is 0.161 e. The molecule has 0 bridgehead atoms. The topological polar surface area (TPSA) is 51.0 Å². The van der Waals surface area contributed by atoms with E-state index >= 15 is 0 Å². The van der Waals surface area contributed by atoms with Crippen LogP contribution >= 0.6 is 0 Å². The molecule has 1 fully saturated rings. The smallest absolute Gasteiger partial charge is 0.161 e. The Hall–Kier alpha value is -1.30. The average Bonchev–Trinajstić information content (AvgIpc) is 2.65. The van der Waals surface area contributed by atoms with Gasteiger partial charge in [0.25, 0.3) is 0 Å². The molecule has 1 aliphatic rings. The first-order valence-electron chi connectivity index (χ1n) is 9.71. The van der Waals surface area contributed by atoms with Crippen LogP contribution in [-0.4, -0.2) is 62.8 Å². The molecule has 0 radical (unpaired) electrons. The zero-order chi connectivity index (χ0) is 17.9. The zero-order valence-corrected chi connectivity index (χ0v) is 16.0. The van der Waals surface area contributed by atoms with Gasteiger partial charge in [0.15, 0.2) is 11.5 Å². The number of unbranched alkanes of at least 4 members (excludes halogenated alkanes) is 2. The molecule has 1 aromatic rings. The van der Waals surface area contributed by atoms with E-state index in [4.69, 9.17) is 15.2 Å². The fourth-order valence-electron chi connectivity index (χ4n) is 3.21. The highest BCUT2D eigenvalue weighted by Gasteiger charge is 2.17. The van der Waals surface area contributed by atoms with Crippen molar-refractivity contribution in [2.75, 3.05) is 53.0 Å². The fraction of sp³-hybridized carbons (Fsp3) is 0.700. The van der Waals surface area contributed by atoms with Crippen LogP contribution in [0, 0.1) is 0 Å². The van der Waals surface area contributed by atoms with Gasteiger partial charge in [0, 0.05) is 32.7 Å². The van der Waals surface area contributed by atoms with Crippen LogP contribution in [-0.2, 0) is 6.54 Å². The van der Waals surface area contributed by atoms with E-state index in [1.165, 1.54) is 18.4 Å². The molecule has 1 heterocycles. The second kappa shape index (κ2) is 11.3. The molecule has 0 saturated carbocycles. The lowest BCUT2D eigenvalue weighted by molar-refractivity contribution is 0.126. The first kappa shape index (κ1) is 20.0. The molecule has 2 N–H and O–H groups in total. The van der Waals surface area contributed by atoms with Gasteiger partial charge in [-0.2, -0.15) is 0 Å². The van der Waals surface area contributed by atoms with E-state index < -0.39 is 0 Å². The highest BCUT2D eigenvalue weighted by Crippen LogP contribution is 2.29. The van der Waals surface area contributed by atoms with Gasteiger partial charge in [0.1, 0.15) is 0 Å². The Kier molecular flexibility index (Phi) is 9.08. The number of methoxy groups -OCH3 is 1. The molecule has 1 saturated heterocycles. The second-order valence-corrected chi connectivity index (χ2v) is 6.80. The lowest BCUT2D eigenvalue weighted by Crippen LogP contribution is -2.46. The number of ether oxygens (including phenoxy) is 2. The Balaban J connectivity index is 1.82. The van der Waals surface area contributed by atoms with Crippen LogP contribution in [0.2, 0.25) is 0 Å². The van der Waals surface area contributed by atoms with Crippen LogP contribution in [0.3, 0.4) is 0 Å². The van der Waals surface area contributed by atoms with Gasteiger partial charge in [0.05, 0.1) is 13.7 Å². The third kappa shape index (κ3) is 6.84. The Morgan fingerprint density at radius 1 is 1.00 bits per heavy atom. The highest BCUT2D eigenvalue weighted by atomic mass is 16.5. The van der Waals surface area contributed by atoms with Crippen molar-refractivity contribution in [1.82, 2.24) is 9.80 Å². The third-order valence-corrected chi connectivity index (χ3v) is 4.78. The minimum atomic E-state index is 0.758. The summed E-state index contributed by atoms with van der Waals surface area (Å²) in [6.45, 7) is 10.3. The average molecular weight is 350 g/mol. The summed E-state index contributed by atoms with van der Waals surface area (Å²) in [5, 5.41) is 0. The van der Waals surface area contributed by atoms with E-state index in [0.717, 1.165) is 76.8 Å². The predicted molar refractivity (Wildman–Crippen MR) is 103 cm³/mol. The van der Waals surface area contributed by atoms with Crippen LogP contribution in [0.5, 0.6) is 11.5 Å². The van der Waals surface area contributed by atoms with Crippen molar-refractivity contribution < 1.29 is 9.47 Å². The normalized spacial score (nSPS) is 16.1. The maximum absolute atomic E-state index is 5.87. The molecule has 0 atom stereocenters. The number of nitrogens with zero attached hydrogens (tertiary/aromatic N) is 2. The van der Waals surface area contributed by atoms with Gasteiger partial charge in [-0.05, 0) is 43.6 Å². The quantitative estimate of drug-likeness (QED) is 0.623. The SMILES string of the molecule is CCCCCOc1ccc(CN2CCN(CCCN)CC2)cc1OC. The Labute approximate surface area is 153 Å². The first-order chi connectivity index (χ1) is 12.3. The van der Waals surface area contributed by atoms with Crippen LogP contribution < -0.4 is 15.2 Å². The summed E-state index contributed by atoms with van der Waals surface area (Å²) < 4.78 is 11.4. The number of hydrogen-bond acceptors (Lipinski definition) is 5. The van der Waals surface area contributed by atoms with Gasteiger partial charge in [0.2, 0.25) is 0 Å². The molecule has 142 valence electrons. The summed E-state index contributed by atoms with van der Waals surface area (Å²) in [7, 11) is 1.72. The van der Waals surface area contributed by atoms with Gasteiger partial charge < -0.3 is 20.1 Å². The third-order valence-electron chi connectivity index (χ3n) is 4.78. The maximum atomic E-state index is 5.87. The van der Waals surface area contributed by atoms with E-state index in [0.29, 0.717) is 0 Å². The molecular formula is C20H35N3O2. The summed E-state index contributed by atoms with van der Waals surface area (Å²) in [5.74, 6) is 1.70. The van der Waals surface area contributed by atoms with Gasteiger partial charge in [-0.25, -0.2) is 0 Å². The molecule has 5 heteroatoms. The largest absolute Gasteiger partial charge is 0.493 e. The monoisotopic (exact) mass is 349 g/mol. The molecule has 0 amide bonds. The van der Waals surface area contributed by atoms with E-state index in [2.05, 4.69) is 34.9 Å². The molecule has 5 nitrogen and oxygen atoms in total. The molecule has 0 aliphatic carbocycles. The second-order valence-electron chi connectivity index (χ2n) is 6.80. The molecule has 2 rings (SSSR count). The number of rotatable bonds is 11. The van der Waals surface area contributed by atoms with Gasteiger partial charge in [-0.3, -0.25) is 4.90 Å². The summed E-state index contributed by atoms with van der Waals surface area (Å²) >= 11 is 0. The minimum Gasteiger partial charge on any atom is -0.493 e. The summed E-state index contributed by atoms with van der Waals surface area (Å²) in [6.07, 6.45) is 4.60. The van der Waals surface area contributed by atoms with E-state index in [1.807, 2.05) is 0 Å². The minimum absolute atomic E-state index is 0.758. The Morgan fingerprint density at radius 2 is 1.76 bits per heavy atom. The van der Waals surface area contributed by atoms with Crippen LogP contribution in [0.25, 0.3) is 0 Å². The van der Waals surface area contributed by atoms with Crippen molar-refractivity contribution in [3.8, 4) is 11.5 Å². The molecule has 1 aromatic carbocycles. The van der Waals surface area contributed by atoms with Gasteiger partial charge in [-0.15, -0.1) is 0 Å². The van der Waals surface area contributed by atoms with Gasteiger partial charge >= 0.3 is 0 Å². The molecule has 1 aliphatic heterocycles. The Morgan fingerprint density at radius 3 is 2.44 bits per heavy atom. The Bertz CT molecular complexity index is 488. The number of hydrogen-bond donors (Lipinski definition) is 1. The number of nitrogens with two attached hydrogens (primary N) is 1. The first-order valence-corrected chi connectivity index (χ1v) is 9.71. The molecular weight excluding hydrogens is 314 g/mol. The lowest BCUT2D eigenvalue weighted by atomic mass is 10.1. The summed E-state index contributed by atoms with van der Waals surface area (Å²) in [5.41, 5.74) is 6.89. The summed E-state index contributed by atoms with van der Waals surface area (Å²) in [4.78, 5) is 5.02. The molecule has 0 aromatic heterocycles. The number of benzene rings is 1. The standard InChI is InChI=1S/C20H35N3O2/c1-3-4-5-15-25-19-8-7-18(16-20(19)24-2)17-23-13-11-22(12-14-23)10-6-9-21/h7-8,16H,3-6,9-15,17,21H2,1-2H3. The van der Waals surface area contributed by atoms with Gasteiger partial charge in [-0.1, -0.05) is 25.8 Å². The fourth-order valence-corrected chi connectivity index (χ4v) is 3.21. The summed E-state index contributed by atoms with van der Waals surface area (Å²) in [6, 6.07) is 6.34. The predicted octanol–water partition coefficient (Wildman–Crippen LogP) is 2.73. The van der Waals surface area contributed by atoms with E-state index in [9.17, 15) is 0 Å². The van der Waals surface area contributed by atoms with Crippen molar-refractivity contribution in [3.05, 3.63) is 23.8 Å². The van der Waals surface area contributed by atoms with Crippen LogP contribution in [0.4, 0.5) is 0 Å². The molecule has 25 heavy (non-hydrogen) atoms. The van der Waals surface area contributed by atoms with Crippen LogP contribution in [0.1, 0.15) is 38.2 Å².